The molecule has 0 atom stereocenters. The molecule has 2 aromatic rings. The summed E-state index contributed by atoms with van der Waals surface area (Å²) in [6.07, 6.45) is 0. The highest BCUT2D eigenvalue weighted by Crippen LogP contribution is 2.29. The highest BCUT2D eigenvalue weighted by Gasteiger charge is 2.06. The van der Waals surface area contributed by atoms with E-state index >= 15 is 0 Å². The van der Waals surface area contributed by atoms with E-state index < -0.39 is 0 Å². The Morgan fingerprint density at radius 3 is 2.50 bits per heavy atom. The van der Waals surface area contributed by atoms with Crippen LogP contribution < -0.4 is 14.8 Å². The second kappa shape index (κ2) is 6.28. The van der Waals surface area contributed by atoms with Crippen molar-refractivity contribution >= 4 is 5.69 Å². The molecule has 0 radical (unpaired) electrons. The van der Waals surface area contributed by atoms with Crippen LogP contribution in [0.3, 0.4) is 0 Å². The summed E-state index contributed by atoms with van der Waals surface area (Å²) >= 11 is 0. The molecule has 3 nitrogen and oxygen atoms in total. The Morgan fingerprint density at radius 2 is 1.85 bits per heavy atom. The van der Waals surface area contributed by atoms with Gasteiger partial charge in [0.1, 0.15) is 17.3 Å². The summed E-state index contributed by atoms with van der Waals surface area (Å²) in [5, 5.41) is 3.29. The van der Waals surface area contributed by atoms with Crippen LogP contribution in [0, 0.1) is 12.7 Å². The van der Waals surface area contributed by atoms with E-state index in [2.05, 4.69) is 5.32 Å². The number of methoxy groups -OCH3 is 2. The van der Waals surface area contributed by atoms with Crippen LogP contribution in [0.25, 0.3) is 0 Å². The van der Waals surface area contributed by atoms with Gasteiger partial charge in [0.05, 0.1) is 19.9 Å². The lowest BCUT2D eigenvalue weighted by Gasteiger charge is -2.13. The summed E-state index contributed by atoms with van der Waals surface area (Å²) in [6.45, 7) is 2.48. The molecule has 0 saturated heterocycles. The molecule has 0 bridgehead atoms. The normalized spacial score (nSPS) is 10.2. The van der Waals surface area contributed by atoms with Gasteiger partial charge in [0.25, 0.3) is 0 Å². The molecule has 2 aromatic carbocycles. The van der Waals surface area contributed by atoms with Crippen LogP contribution in [0.15, 0.2) is 36.4 Å². The summed E-state index contributed by atoms with van der Waals surface area (Å²) in [5.74, 6) is 1.28. The van der Waals surface area contributed by atoms with Crippen LogP contribution in [0.5, 0.6) is 11.5 Å². The molecule has 0 aliphatic heterocycles. The third-order valence-corrected chi connectivity index (χ3v) is 3.18. The molecule has 0 aliphatic rings. The average molecular weight is 275 g/mol. The van der Waals surface area contributed by atoms with Crippen LogP contribution in [0.2, 0.25) is 0 Å². The molecule has 0 aliphatic carbocycles. The van der Waals surface area contributed by atoms with E-state index in [1.165, 1.54) is 12.1 Å². The van der Waals surface area contributed by atoms with Gasteiger partial charge >= 0.3 is 0 Å². The van der Waals surface area contributed by atoms with Crippen LogP contribution in [0.4, 0.5) is 10.1 Å². The molecular formula is C16H18FNO2. The van der Waals surface area contributed by atoms with Gasteiger partial charge in [-0.2, -0.15) is 0 Å². The lowest BCUT2D eigenvalue weighted by atomic mass is 10.1. The lowest BCUT2D eigenvalue weighted by molar-refractivity contribution is 0.404. The number of aryl methyl sites for hydroxylation is 1. The van der Waals surface area contributed by atoms with Gasteiger partial charge in [0, 0.05) is 12.6 Å². The Labute approximate surface area is 118 Å². The largest absolute Gasteiger partial charge is 0.497 e. The summed E-state index contributed by atoms with van der Waals surface area (Å²) in [4.78, 5) is 0. The molecule has 1 N–H and O–H groups in total. The second-order valence-electron chi connectivity index (χ2n) is 4.49. The van der Waals surface area contributed by atoms with Gasteiger partial charge in [0.2, 0.25) is 0 Å². The molecule has 106 valence electrons. The number of ether oxygens (including phenoxy) is 2. The molecule has 0 heterocycles. The minimum atomic E-state index is -0.217. The van der Waals surface area contributed by atoms with Gasteiger partial charge in [-0.3, -0.25) is 0 Å². The number of rotatable bonds is 5. The van der Waals surface area contributed by atoms with E-state index in [-0.39, 0.29) is 5.82 Å². The fourth-order valence-corrected chi connectivity index (χ4v) is 2.00. The molecule has 0 aromatic heterocycles. The predicted octanol–water partition coefficient (Wildman–Crippen LogP) is 3.76. The fraction of sp³-hybridized carbons (Fsp3) is 0.250. The second-order valence-corrected chi connectivity index (χ2v) is 4.49. The Hall–Kier alpha value is -2.23. The maximum atomic E-state index is 13.1. The molecule has 2 rings (SSSR count). The number of halogens is 1. The number of anilines is 1. The van der Waals surface area contributed by atoms with E-state index in [1.54, 1.807) is 20.3 Å². The fourth-order valence-electron chi connectivity index (χ4n) is 2.00. The number of hydrogen-bond donors (Lipinski definition) is 1. The summed E-state index contributed by atoms with van der Waals surface area (Å²) in [6, 6.07) is 10.3. The Morgan fingerprint density at radius 1 is 1.05 bits per heavy atom. The molecular weight excluding hydrogens is 257 g/mol. The monoisotopic (exact) mass is 275 g/mol. The Balaban J connectivity index is 2.17. The van der Waals surface area contributed by atoms with E-state index in [0.717, 1.165) is 28.3 Å². The first-order valence-electron chi connectivity index (χ1n) is 6.35. The van der Waals surface area contributed by atoms with Crippen LogP contribution in [0.1, 0.15) is 11.1 Å². The first-order valence-corrected chi connectivity index (χ1v) is 6.35. The third-order valence-electron chi connectivity index (χ3n) is 3.18. The molecule has 4 heteroatoms. The van der Waals surface area contributed by atoms with Crippen molar-refractivity contribution in [3.63, 3.8) is 0 Å². The van der Waals surface area contributed by atoms with Gasteiger partial charge in [-0.1, -0.05) is 6.07 Å². The Kier molecular flexibility index (Phi) is 4.45. The molecule has 0 saturated carbocycles. The van der Waals surface area contributed by atoms with Gasteiger partial charge in [-0.25, -0.2) is 4.39 Å². The molecule has 0 spiro atoms. The maximum absolute atomic E-state index is 13.1. The minimum Gasteiger partial charge on any atom is -0.497 e. The smallest absolute Gasteiger partial charge is 0.142 e. The van der Waals surface area contributed by atoms with Crippen LogP contribution in [-0.2, 0) is 6.54 Å². The number of benzene rings is 2. The van der Waals surface area contributed by atoms with Crippen molar-refractivity contribution in [1.82, 2.24) is 0 Å². The zero-order valence-electron chi connectivity index (χ0n) is 11.9. The zero-order chi connectivity index (χ0) is 14.5. The number of nitrogens with one attached hydrogen (secondary N) is 1. The SMILES string of the molecule is COc1ccc(OC)c(NCc2ccc(F)cc2C)c1. The number of hydrogen-bond acceptors (Lipinski definition) is 3. The average Bonchev–Trinajstić information content (AvgIpc) is 2.46. The third kappa shape index (κ3) is 3.20. The van der Waals surface area contributed by atoms with E-state index in [4.69, 9.17) is 9.47 Å². The first kappa shape index (κ1) is 14.2. The topological polar surface area (TPSA) is 30.5 Å². The van der Waals surface area contributed by atoms with Crippen molar-refractivity contribution in [3.8, 4) is 11.5 Å². The van der Waals surface area contributed by atoms with Crippen molar-refractivity contribution in [3.05, 3.63) is 53.3 Å². The van der Waals surface area contributed by atoms with E-state index in [0.29, 0.717) is 6.54 Å². The van der Waals surface area contributed by atoms with Crippen molar-refractivity contribution in [2.24, 2.45) is 0 Å². The minimum absolute atomic E-state index is 0.217. The highest BCUT2D eigenvalue weighted by atomic mass is 19.1. The van der Waals surface area contributed by atoms with E-state index in [9.17, 15) is 4.39 Å². The van der Waals surface area contributed by atoms with Crippen molar-refractivity contribution in [2.45, 2.75) is 13.5 Å². The van der Waals surface area contributed by atoms with Crippen molar-refractivity contribution < 1.29 is 13.9 Å². The molecule has 0 fully saturated rings. The maximum Gasteiger partial charge on any atom is 0.142 e. The summed E-state index contributed by atoms with van der Waals surface area (Å²) in [7, 11) is 3.24. The van der Waals surface area contributed by atoms with E-state index in [1.807, 2.05) is 25.1 Å². The Bertz CT molecular complexity index is 599. The lowest BCUT2D eigenvalue weighted by Crippen LogP contribution is -2.03. The standard InChI is InChI=1S/C16H18FNO2/c1-11-8-13(17)5-4-12(11)10-18-15-9-14(19-2)6-7-16(15)20-3/h4-9,18H,10H2,1-3H3. The molecule has 0 unspecified atom stereocenters. The molecule has 20 heavy (non-hydrogen) atoms. The van der Waals surface area contributed by atoms with Gasteiger partial charge in [-0.05, 0) is 42.3 Å². The van der Waals surface area contributed by atoms with Crippen LogP contribution in [-0.4, -0.2) is 14.2 Å². The summed E-state index contributed by atoms with van der Waals surface area (Å²) < 4.78 is 23.6. The van der Waals surface area contributed by atoms with Gasteiger partial charge in [-0.15, -0.1) is 0 Å². The highest BCUT2D eigenvalue weighted by molar-refractivity contribution is 5.60. The predicted molar refractivity (Wildman–Crippen MR) is 78.0 cm³/mol. The van der Waals surface area contributed by atoms with Crippen molar-refractivity contribution in [2.75, 3.05) is 19.5 Å². The quantitative estimate of drug-likeness (QED) is 0.901. The first-order chi connectivity index (χ1) is 9.63. The van der Waals surface area contributed by atoms with Gasteiger partial charge < -0.3 is 14.8 Å². The van der Waals surface area contributed by atoms with Crippen LogP contribution >= 0.6 is 0 Å². The van der Waals surface area contributed by atoms with Gasteiger partial charge in [0.15, 0.2) is 0 Å². The summed E-state index contributed by atoms with van der Waals surface area (Å²) in [5.41, 5.74) is 2.80. The molecule has 0 amide bonds. The van der Waals surface area contributed by atoms with Crippen molar-refractivity contribution in [1.29, 1.82) is 0 Å². The zero-order valence-corrected chi connectivity index (χ0v) is 11.9.